The smallest absolute Gasteiger partial charge is 0.197 e. The van der Waals surface area contributed by atoms with Gasteiger partial charge in [0.2, 0.25) is 0 Å². The molecule has 0 aromatic carbocycles. The largest absolute Gasteiger partial charge is 0.497 e. The summed E-state index contributed by atoms with van der Waals surface area (Å²) in [4.78, 5) is 0. The monoisotopic (exact) mass is 192 g/mol. The number of nitriles is 1. The Hall–Kier alpha value is -1.67. The van der Waals surface area contributed by atoms with E-state index >= 15 is 0 Å². The van der Waals surface area contributed by atoms with Crippen molar-refractivity contribution in [2.75, 3.05) is 14.2 Å². The van der Waals surface area contributed by atoms with Crippen molar-refractivity contribution in [3.05, 3.63) is 23.6 Å². The zero-order valence-corrected chi connectivity index (χ0v) is 8.19. The maximum absolute atomic E-state index is 8.91. The molecule has 1 fully saturated rings. The molecule has 1 aliphatic heterocycles. The second kappa shape index (κ2) is 3.24. The van der Waals surface area contributed by atoms with Crippen LogP contribution in [0.5, 0.6) is 0 Å². The van der Waals surface area contributed by atoms with Crippen LogP contribution in [0.4, 0.5) is 0 Å². The molecule has 1 saturated heterocycles. The highest BCUT2D eigenvalue weighted by Crippen LogP contribution is 2.26. The maximum Gasteiger partial charge on any atom is 0.197 e. The van der Waals surface area contributed by atoms with Crippen molar-refractivity contribution in [2.45, 2.75) is 12.5 Å². The molecule has 1 atom stereocenters. The quantitative estimate of drug-likeness (QED) is 0.606. The van der Waals surface area contributed by atoms with E-state index < -0.39 is 0 Å². The van der Waals surface area contributed by atoms with Gasteiger partial charge in [0.1, 0.15) is 11.8 Å². The topological polar surface area (TPSA) is 51.5 Å². The average molecular weight is 192 g/mol. The van der Waals surface area contributed by atoms with E-state index in [0.29, 0.717) is 0 Å². The van der Waals surface area contributed by atoms with Crippen LogP contribution >= 0.6 is 0 Å². The summed E-state index contributed by atoms with van der Waals surface area (Å²) in [6.45, 7) is 0. The Bertz CT molecular complexity index is 341. The summed E-state index contributed by atoms with van der Waals surface area (Å²) in [6.07, 6.45) is 6.83. The lowest BCUT2D eigenvalue weighted by Crippen LogP contribution is -2.37. The van der Waals surface area contributed by atoms with Crippen molar-refractivity contribution in [1.29, 1.82) is 5.26 Å². The molecule has 0 saturated carbocycles. The first-order valence-corrected chi connectivity index (χ1v) is 4.41. The first-order chi connectivity index (χ1) is 6.76. The fraction of sp³-hybridized carbons (Fsp3) is 0.444. The van der Waals surface area contributed by atoms with Crippen molar-refractivity contribution in [3.8, 4) is 6.19 Å². The number of nitrogens with zero attached hydrogens (tertiary/aromatic N) is 3. The summed E-state index contributed by atoms with van der Waals surface area (Å²) in [6, 6.07) is 0.101. The van der Waals surface area contributed by atoms with E-state index in [1.165, 1.54) is 0 Å². The molecule has 0 aromatic rings. The number of hydrogen-bond donors (Lipinski definition) is 1. The van der Waals surface area contributed by atoms with Gasteiger partial charge in [-0.1, -0.05) is 0 Å². The number of hydrazine groups is 2. The summed E-state index contributed by atoms with van der Waals surface area (Å²) >= 11 is 0. The summed E-state index contributed by atoms with van der Waals surface area (Å²) in [5.41, 5.74) is 4.11. The highest BCUT2D eigenvalue weighted by atomic mass is 16.5. The lowest BCUT2D eigenvalue weighted by atomic mass is 10.0. The summed E-state index contributed by atoms with van der Waals surface area (Å²) in [7, 11) is 3.46. The van der Waals surface area contributed by atoms with Gasteiger partial charge in [0.25, 0.3) is 0 Å². The van der Waals surface area contributed by atoms with Crippen LogP contribution in [-0.4, -0.2) is 30.3 Å². The van der Waals surface area contributed by atoms with Crippen LogP contribution in [0.1, 0.15) is 6.42 Å². The van der Waals surface area contributed by atoms with Crippen molar-refractivity contribution in [3.63, 3.8) is 0 Å². The molecule has 0 spiro atoms. The Morgan fingerprint density at radius 2 is 2.50 bits per heavy atom. The van der Waals surface area contributed by atoms with Crippen molar-refractivity contribution < 1.29 is 4.74 Å². The third kappa shape index (κ3) is 1.20. The second-order valence-electron chi connectivity index (χ2n) is 3.24. The summed E-state index contributed by atoms with van der Waals surface area (Å²) in [5, 5.41) is 12.2. The van der Waals surface area contributed by atoms with Crippen LogP contribution in [0, 0.1) is 11.5 Å². The number of methoxy groups -OCH3 is 1. The minimum absolute atomic E-state index is 0.101. The molecule has 2 rings (SSSR count). The van der Waals surface area contributed by atoms with Gasteiger partial charge in [0, 0.05) is 13.1 Å². The van der Waals surface area contributed by atoms with Crippen LogP contribution in [-0.2, 0) is 4.74 Å². The van der Waals surface area contributed by atoms with Crippen LogP contribution < -0.4 is 5.43 Å². The van der Waals surface area contributed by atoms with E-state index in [4.69, 9.17) is 10.00 Å². The standard InChI is InChI=1S/C9H12N4O/c1-12-11-8-5-7(14-2)3-4-9(8)13(12)6-10/h3,5,9,11H,4H2,1-2H3. The van der Waals surface area contributed by atoms with Gasteiger partial charge in [-0.25, -0.2) is 5.01 Å². The number of nitrogens with one attached hydrogen (secondary N) is 1. The lowest BCUT2D eigenvalue weighted by Gasteiger charge is -2.21. The molecule has 1 aliphatic carbocycles. The molecule has 1 N–H and O–H groups in total. The second-order valence-corrected chi connectivity index (χ2v) is 3.24. The molecule has 2 aliphatic rings. The Labute approximate surface area is 82.8 Å². The Kier molecular flexibility index (Phi) is 2.06. The first kappa shape index (κ1) is 8.91. The predicted octanol–water partition coefficient (Wildman–Crippen LogP) is 0.321. The number of rotatable bonds is 1. The molecule has 5 nitrogen and oxygen atoms in total. The molecule has 1 unspecified atom stereocenters. The Morgan fingerprint density at radius 1 is 1.71 bits per heavy atom. The summed E-state index contributed by atoms with van der Waals surface area (Å²) < 4.78 is 5.13. The van der Waals surface area contributed by atoms with Gasteiger partial charge in [-0.3, -0.25) is 0 Å². The van der Waals surface area contributed by atoms with Gasteiger partial charge in [0.15, 0.2) is 6.19 Å². The van der Waals surface area contributed by atoms with Gasteiger partial charge in [-0.15, -0.1) is 5.12 Å². The van der Waals surface area contributed by atoms with Gasteiger partial charge in [0.05, 0.1) is 12.8 Å². The molecule has 74 valence electrons. The third-order valence-electron chi connectivity index (χ3n) is 2.45. The highest BCUT2D eigenvalue weighted by Gasteiger charge is 2.34. The Balaban J connectivity index is 2.23. The van der Waals surface area contributed by atoms with E-state index in [1.54, 1.807) is 17.2 Å². The number of fused-ring (bicyclic) bond motifs is 1. The average Bonchev–Trinajstić information content (AvgIpc) is 2.51. The van der Waals surface area contributed by atoms with Gasteiger partial charge in [-0.2, -0.15) is 5.26 Å². The van der Waals surface area contributed by atoms with Crippen molar-refractivity contribution in [1.82, 2.24) is 15.6 Å². The molecule has 1 heterocycles. The molecule has 0 radical (unpaired) electrons. The lowest BCUT2D eigenvalue weighted by molar-refractivity contribution is 0.0534. The molecule has 5 heteroatoms. The zero-order chi connectivity index (χ0) is 10.1. The first-order valence-electron chi connectivity index (χ1n) is 4.41. The number of ether oxygens (including phenoxy) is 1. The maximum atomic E-state index is 8.91. The van der Waals surface area contributed by atoms with Crippen LogP contribution in [0.25, 0.3) is 0 Å². The number of allylic oxidation sites excluding steroid dienone is 1. The molecule has 14 heavy (non-hydrogen) atoms. The van der Waals surface area contributed by atoms with Crippen LogP contribution in [0.3, 0.4) is 0 Å². The van der Waals surface area contributed by atoms with Crippen LogP contribution in [0.2, 0.25) is 0 Å². The van der Waals surface area contributed by atoms with Gasteiger partial charge >= 0.3 is 0 Å². The fourth-order valence-electron chi connectivity index (χ4n) is 1.73. The molecule has 0 amide bonds. The van der Waals surface area contributed by atoms with Crippen molar-refractivity contribution in [2.24, 2.45) is 0 Å². The zero-order valence-electron chi connectivity index (χ0n) is 8.19. The fourth-order valence-corrected chi connectivity index (χ4v) is 1.73. The van der Waals surface area contributed by atoms with E-state index in [1.807, 2.05) is 19.2 Å². The normalized spacial score (nSPS) is 25.8. The van der Waals surface area contributed by atoms with Gasteiger partial charge < -0.3 is 10.2 Å². The minimum atomic E-state index is 0.101. The SMILES string of the molecule is COC1=CCC2C(=C1)NN(C)N2C#N. The third-order valence-corrected chi connectivity index (χ3v) is 2.45. The van der Waals surface area contributed by atoms with Gasteiger partial charge in [-0.05, 0) is 12.5 Å². The molecular formula is C9H12N4O. The van der Waals surface area contributed by atoms with E-state index in [0.717, 1.165) is 17.9 Å². The van der Waals surface area contributed by atoms with E-state index in [2.05, 4.69) is 11.6 Å². The van der Waals surface area contributed by atoms with E-state index in [9.17, 15) is 0 Å². The molecule has 0 bridgehead atoms. The minimum Gasteiger partial charge on any atom is -0.497 e. The summed E-state index contributed by atoms with van der Waals surface area (Å²) in [5.74, 6) is 0.844. The molecule has 0 aromatic heterocycles. The van der Waals surface area contributed by atoms with Crippen molar-refractivity contribution >= 4 is 0 Å². The van der Waals surface area contributed by atoms with Crippen LogP contribution in [0.15, 0.2) is 23.6 Å². The Morgan fingerprint density at radius 3 is 3.14 bits per heavy atom. The predicted molar refractivity (Wildman–Crippen MR) is 49.9 cm³/mol. The highest BCUT2D eigenvalue weighted by molar-refractivity contribution is 5.29. The molecular weight excluding hydrogens is 180 g/mol. The number of hydrogen-bond acceptors (Lipinski definition) is 5. The van der Waals surface area contributed by atoms with E-state index in [-0.39, 0.29) is 6.04 Å².